The van der Waals surface area contributed by atoms with Gasteiger partial charge in [0.05, 0.1) is 5.69 Å². The van der Waals surface area contributed by atoms with Gasteiger partial charge in [0.25, 0.3) is 6.71 Å². The number of rotatable bonds is 9. The molecule has 0 aliphatic carbocycles. The molecule has 12 aromatic rings. The largest absolute Gasteiger partial charge is 0.311 e. The summed E-state index contributed by atoms with van der Waals surface area (Å²) >= 11 is 1.94. The molecule has 8 heteroatoms. The summed E-state index contributed by atoms with van der Waals surface area (Å²) in [5, 5.41) is 0. The van der Waals surface area contributed by atoms with E-state index in [0.717, 1.165) is 73.9 Å². The zero-order chi connectivity index (χ0) is 83.0. The molecule has 590 valence electrons. The van der Waals surface area contributed by atoms with Gasteiger partial charge < -0.3 is 24.5 Å². The minimum absolute atomic E-state index is 0.0272. The van der Waals surface area contributed by atoms with E-state index in [0.29, 0.717) is 0 Å². The van der Waals surface area contributed by atoms with E-state index in [1.165, 1.54) is 104 Å². The van der Waals surface area contributed by atoms with Crippen LogP contribution in [0.5, 0.6) is 0 Å². The van der Waals surface area contributed by atoms with E-state index in [4.69, 9.17) is 0 Å². The first kappa shape index (κ1) is 79.9. The molecule has 0 radical (unpaired) electrons. The average molecular weight is 1540 g/mol. The fourth-order valence-electron chi connectivity index (χ4n) is 17.9. The van der Waals surface area contributed by atoms with Crippen molar-refractivity contribution in [1.29, 1.82) is 0 Å². The number of hydrogen-bond acceptors (Lipinski definition) is 6. The highest BCUT2D eigenvalue weighted by Gasteiger charge is 2.49. The van der Waals surface area contributed by atoms with Crippen molar-refractivity contribution < 1.29 is 0 Å². The van der Waals surface area contributed by atoms with E-state index in [-0.39, 0.29) is 62.2 Å². The van der Waals surface area contributed by atoms with Crippen LogP contribution in [0.4, 0.5) is 85.3 Å². The Hall–Kier alpha value is -9.88. The van der Waals surface area contributed by atoms with Gasteiger partial charge in [0.1, 0.15) is 0 Å². The molecule has 12 aromatic carbocycles. The molecule has 4 heterocycles. The molecule has 0 amide bonds. The van der Waals surface area contributed by atoms with Crippen LogP contribution >= 0.6 is 11.8 Å². The van der Waals surface area contributed by atoms with Gasteiger partial charge in [-0.3, -0.25) is 0 Å². The maximum Gasteiger partial charge on any atom is 0.252 e. The molecule has 0 bridgehead atoms. The lowest BCUT2D eigenvalue weighted by Gasteiger charge is -2.47. The first-order valence-corrected chi connectivity index (χ1v) is 43.3. The van der Waals surface area contributed by atoms with Crippen LogP contribution < -0.4 is 57.3 Å². The van der Waals surface area contributed by atoms with Gasteiger partial charge in [0.15, 0.2) is 0 Å². The standard InChI is InChI=1S/C108H121B2N5S/c1-100(2,3)68-28-44-77(45-29-68)111(78-46-30-69(31-47-78)101(4,5)6)84-62-93-98-94(63-84)114(82-54-38-73(39-55-82)105(16,17)18)91-67-92-88(66-87(91)109(98)86-60-75(107(22,23)24)42-58-90(86)113(93)81-52-36-72(37-53-81)104(13,14)15)110-89-61-76(108(25,26)27)43-59-96(89)116-97-65-85(64-95(99(97)110)115(92)83-56-40-74(41-57-83)106(19,20)21)112(79-48-32-70(33-49-79)102(7,8)9)80-50-34-71(35-51-80)103(10,11)12/h28-67H,1-27H3. The molecule has 116 heavy (non-hydrogen) atoms. The Labute approximate surface area is 701 Å². The fourth-order valence-corrected chi connectivity index (χ4v) is 19.1. The van der Waals surface area contributed by atoms with Crippen molar-refractivity contribution in [3.8, 4) is 0 Å². The van der Waals surface area contributed by atoms with Crippen molar-refractivity contribution in [3.63, 3.8) is 0 Å². The highest BCUT2D eigenvalue weighted by atomic mass is 32.2. The smallest absolute Gasteiger partial charge is 0.252 e. The van der Waals surface area contributed by atoms with E-state index in [9.17, 15) is 0 Å². The van der Waals surface area contributed by atoms with Gasteiger partial charge in [-0.15, -0.1) is 0 Å². The first-order valence-electron chi connectivity index (χ1n) is 42.4. The van der Waals surface area contributed by atoms with Crippen LogP contribution in [0.15, 0.2) is 252 Å². The van der Waals surface area contributed by atoms with Crippen molar-refractivity contribution in [2.75, 3.05) is 24.5 Å². The molecule has 0 atom stereocenters. The van der Waals surface area contributed by atoms with Gasteiger partial charge in [0.2, 0.25) is 6.71 Å². The van der Waals surface area contributed by atoms with Crippen LogP contribution in [-0.4, -0.2) is 13.4 Å². The summed E-state index contributed by atoms with van der Waals surface area (Å²) in [6.07, 6.45) is 0. The zero-order valence-corrected chi connectivity index (χ0v) is 75.2. The van der Waals surface area contributed by atoms with E-state index in [1.54, 1.807) is 0 Å². The number of benzene rings is 12. The summed E-state index contributed by atoms with van der Waals surface area (Å²) in [5.74, 6) is 0. The second-order valence-electron chi connectivity index (χ2n) is 43.0. The van der Waals surface area contributed by atoms with Gasteiger partial charge >= 0.3 is 0 Å². The fraction of sp³-hybridized carbons (Fsp3) is 0.333. The van der Waals surface area contributed by atoms with Crippen LogP contribution in [0.3, 0.4) is 0 Å². The average Bonchev–Trinajstić information content (AvgIpc) is 0.683. The lowest BCUT2D eigenvalue weighted by molar-refractivity contribution is 0.590. The molecule has 0 saturated carbocycles. The number of anilines is 15. The summed E-state index contributed by atoms with van der Waals surface area (Å²) in [6, 6.07) is 97.0. The minimum Gasteiger partial charge on any atom is -0.311 e. The van der Waals surface area contributed by atoms with E-state index >= 15 is 0 Å². The summed E-state index contributed by atoms with van der Waals surface area (Å²) in [4.78, 5) is 15.6. The molecule has 0 unspecified atom stereocenters. The zero-order valence-electron chi connectivity index (χ0n) is 74.4. The van der Waals surface area contributed by atoms with E-state index < -0.39 is 0 Å². The van der Waals surface area contributed by atoms with Gasteiger partial charge in [-0.2, -0.15) is 0 Å². The molecule has 0 saturated heterocycles. The Balaban J connectivity index is 1.06. The van der Waals surface area contributed by atoms with Crippen molar-refractivity contribution in [1.82, 2.24) is 0 Å². The molecular weight excluding hydrogens is 1420 g/mol. The summed E-state index contributed by atoms with van der Waals surface area (Å²) < 4.78 is 0. The Morgan fingerprint density at radius 3 is 0.767 bits per heavy atom. The second-order valence-corrected chi connectivity index (χ2v) is 44.1. The van der Waals surface area contributed by atoms with Gasteiger partial charge in [-0.1, -0.05) is 319 Å². The normalized spacial score (nSPS) is 14.2. The van der Waals surface area contributed by atoms with Gasteiger partial charge in [-0.25, -0.2) is 0 Å². The van der Waals surface area contributed by atoms with Crippen LogP contribution in [0.1, 0.15) is 237 Å². The minimum atomic E-state index is -0.226. The monoisotopic (exact) mass is 1540 g/mol. The van der Waals surface area contributed by atoms with Crippen LogP contribution in [-0.2, 0) is 48.7 Å². The van der Waals surface area contributed by atoms with Crippen molar-refractivity contribution in [2.45, 2.75) is 245 Å². The summed E-state index contributed by atoms with van der Waals surface area (Å²) in [5.41, 5.74) is 35.8. The van der Waals surface area contributed by atoms with E-state index in [2.05, 4.69) is 454 Å². The van der Waals surface area contributed by atoms with Gasteiger partial charge in [-0.05, 0) is 254 Å². The summed E-state index contributed by atoms with van der Waals surface area (Å²) in [6.45, 7) is 62.7. The quantitative estimate of drug-likeness (QED) is 0.133. The highest BCUT2D eigenvalue weighted by molar-refractivity contribution is 8.00. The maximum absolute atomic E-state index is 2.73. The van der Waals surface area contributed by atoms with Crippen molar-refractivity contribution in [2.24, 2.45) is 0 Å². The SMILES string of the molecule is CC(C)(C)c1ccc(N(c2ccc(C(C)(C)C)cc2)c2cc3c4c(c2)N(c2ccc(C(C)(C)C)cc2)c2cc5c(cc2B4c2cc(C(C)(C)C)ccc2S3)B2c3cc(C(C)(C)C)ccc3N(c3ccc(C(C)(C)C)cc3)c3cc(N(c4ccc(C(C)(C)C)cc4)c4ccc(C(C)(C)C)cc4)cc(c32)N5c2ccc(C(C)(C)C)cc2)cc1. The second kappa shape index (κ2) is 27.9. The first-order chi connectivity index (χ1) is 54.2. The molecule has 4 aliphatic heterocycles. The molecule has 0 aromatic heterocycles. The summed E-state index contributed by atoms with van der Waals surface area (Å²) in [7, 11) is 0. The third-order valence-corrected chi connectivity index (χ3v) is 26.3. The predicted molar refractivity (Wildman–Crippen MR) is 508 cm³/mol. The molecule has 4 aliphatic rings. The topological polar surface area (TPSA) is 16.2 Å². The van der Waals surface area contributed by atoms with Crippen LogP contribution in [0, 0.1) is 0 Å². The van der Waals surface area contributed by atoms with Gasteiger partial charge in [0, 0.05) is 89.4 Å². The third-order valence-electron chi connectivity index (χ3n) is 25.1. The molecule has 5 nitrogen and oxygen atoms in total. The Morgan fingerprint density at radius 1 is 0.198 bits per heavy atom. The Kier molecular flexibility index (Phi) is 19.2. The van der Waals surface area contributed by atoms with Crippen molar-refractivity contribution in [3.05, 3.63) is 293 Å². The highest BCUT2D eigenvalue weighted by Crippen LogP contribution is 2.54. The molecule has 16 rings (SSSR count). The lowest BCUT2D eigenvalue weighted by Crippen LogP contribution is -2.65. The Bertz CT molecular complexity index is 5660. The number of fused-ring (bicyclic) bond motifs is 8. The lowest BCUT2D eigenvalue weighted by atomic mass is 9.30. The Morgan fingerprint density at radius 2 is 0.448 bits per heavy atom. The molecule has 0 spiro atoms. The van der Waals surface area contributed by atoms with E-state index in [1.807, 2.05) is 11.8 Å². The third kappa shape index (κ3) is 14.5. The molecule has 0 fully saturated rings. The van der Waals surface area contributed by atoms with Crippen LogP contribution in [0.25, 0.3) is 0 Å². The molecule has 0 N–H and O–H groups in total. The predicted octanol–water partition coefficient (Wildman–Crippen LogP) is 27.2. The maximum atomic E-state index is 2.73. The van der Waals surface area contributed by atoms with Crippen molar-refractivity contribution >= 4 is 143 Å². The molecular formula is C108H121B2N5S. The number of nitrogens with zero attached hydrogens (tertiary/aromatic N) is 5. The number of hydrogen-bond donors (Lipinski definition) is 0. The van der Waals surface area contributed by atoms with Crippen LogP contribution in [0.2, 0.25) is 0 Å².